The molecule has 0 atom stereocenters. The lowest BCUT2D eigenvalue weighted by atomic mass is 10.1. The molecule has 11 heteroatoms. The number of nitrogens with two attached hydrogens (primary N) is 1. The number of sulfonamides is 1. The van der Waals surface area contributed by atoms with E-state index in [-0.39, 0.29) is 23.0 Å². The lowest BCUT2D eigenvalue weighted by molar-refractivity contribution is 0.102. The molecule has 0 aromatic heterocycles. The van der Waals surface area contributed by atoms with E-state index >= 15 is 0 Å². The van der Waals surface area contributed by atoms with Crippen LogP contribution in [0.2, 0.25) is 0 Å². The molecule has 1 saturated heterocycles. The van der Waals surface area contributed by atoms with E-state index in [4.69, 9.17) is 5.73 Å². The number of carbonyl (C=O) groups is 2. The van der Waals surface area contributed by atoms with Crippen molar-refractivity contribution in [2.75, 3.05) is 41.8 Å². The van der Waals surface area contributed by atoms with Crippen LogP contribution in [0.25, 0.3) is 0 Å². The molecule has 0 spiro atoms. The van der Waals surface area contributed by atoms with Crippen LogP contribution < -0.4 is 16.4 Å². The van der Waals surface area contributed by atoms with Gasteiger partial charge >= 0.3 is 6.03 Å². The first kappa shape index (κ1) is 24.2. The van der Waals surface area contributed by atoms with Crippen molar-refractivity contribution < 1.29 is 18.0 Å². The molecule has 0 radical (unpaired) electrons. The van der Waals surface area contributed by atoms with Crippen molar-refractivity contribution in [1.29, 1.82) is 0 Å². The van der Waals surface area contributed by atoms with Crippen LogP contribution in [0.5, 0.6) is 0 Å². The number of hydrogen-bond donors (Lipinski definition) is 3. The Kier molecular flexibility index (Phi) is 6.61. The third-order valence-electron chi connectivity index (χ3n) is 5.96. The summed E-state index contributed by atoms with van der Waals surface area (Å²) in [6, 6.07) is 17.7. The average Bonchev–Trinajstić information content (AvgIpc) is 3.68. The fourth-order valence-electron chi connectivity index (χ4n) is 3.79. The summed E-state index contributed by atoms with van der Waals surface area (Å²) in [7, 11) is -4.05. The predicted molar refractivity (Wildman–Crippen MR) is 141 cm³/mol. The summed E-state index contributed by atoms with van der Waals surface area (Å²) in [4.78, 5) is 28.5. The number of fused-ring (bicyclic) bond motifs is 1. The molecule has 2 heterocycles. The highest BCUT2D eigenvalue weighted by molar-refractivity contribution is 7.99. The maximum absolute atomic E-state index is 13.3. The zero-order valence-corrected chi connectivity index (χ0v) is 20.9. The molecule has 1 fully saturated rings. The molecule has 0 aliphatic carbocycles. The van der Waals surface area contributed by atoms with Gasteiger partial charge in [0.05, 0.1) is 23.6 Å². The number of urea groups is 1. The van der Waals surface area contributed by atoms with Crippen LogP contribution in [0.4, 0.5) is 21.9 Å². The molecule has 3 aromatic rings. The van der Waals surface area contributed by atoms with Gasteiger partial charge in [-0.1, -0.05) is 24.3 Å². The van der Waals surface area contributed by atoms with E-state index < -0.39 is 16.1 Å². The van der Waals surface area contributed by atoms with Crippen molar-refractivity contribution in [2.24, 2.45) is 0 Å². The van der Waals surface area contributed by atoms with Gasteiger partial charge in [-0.25, -0.2) is 17.5 Å². The minimum atomic E-state index is -4.05. The zero-order chi connectivity index (χ0) is 25.3. The third kappa shape index (κ3) is 5.18. The second kappa shape index (κ2) is 9.84. The summed E-state index contributed by atoms with van der Waals surface area (Å²) in [5, 5.41) is 5.42. The van der Waals surface area contributed by atoms with Gasteiger partial charge in [0, 0.05) is 35.8 Å². The Morgan fingerprint density at radius 1 is 1.06 bits per heavy atom. The number of thioether (sulfide) groups is 1. The molecule has 36 heavy (non-hydrogen) atoms. The lowest BCUT2D eigenvalue weighted by Gasteiger charge is -2.29. The van der Waals surface area contributed by atoms with Crippen LogP contribution in [0.3, 0.4) is 0 Å². The minimum absolute atomic E-state index is 0.0790. The van der Waals surface area contributed by atoms with Gasteiger partial charge in [-0.15, -0.1) is 11.8 Å². The Morgan fingerprint density at radius 3 is 2.53 bits per heavy atom. The molecule has 2 aliphatic rings. The van der Waals surface area contributed by atoms with Crippen LogP contribution in [0.1, 0.15) is 15.9 Å². The van der Waals surface area contributed by atoms with Gasteiger partial charge in [-0.05, 0) is 48.0 Å². The number of anilines is 3. The molecule has 0 saturated carbocycles. The summed E-state index contributed by atoms with van der Waals surface area (Å²) in [6.07, 6.45) is 0. The van der Waals surface area contributed by atoms with Crippen LogP contribution in [-0.2, 0) is 16.6 Å². The van der Waals surface area contributed by atoms with Crippen molar-refractivity contribution in [3.63, 3.8) is 0 Å². The molecule has 4 N–H and O–H groups in total. The summed E-state index contributed by atoms with van der Waals surface area (Å²) >= 11 is 1.59. The smallest absolute Gasteiger partial charge is 0.336 e. The van der Waals surface area contributed by atoms with Crippen LogP contribution >= 0.6 is 11.8 Å². The van der Waals surface area contributed by atoms with Crippen LogP contribution in [0.15, 0.2) is 76.5 Å². The Morgan fingerprint density at radius 2 is 1.81 bits per heavy atom. The highest BCUT2D eigenvalue weighted by Gasteiger charge is 2.37. The van der Waals surface area contributed by atoms with Gasteiger partial charge in [0.1, 0.15) is 4.90 Å². The van der Waals surface area contributed by atoms with E-state index in [1.54, 1.807) is 72.4 Å². The second-order valence-corrected chi connectivity index (χ2v) is 11.5. The highest BCUT2D eigenvalue weighted by Crippen LogP contribution is 2.34. The normalized spacial score (nSPS) is 16.2. The van der Waals surface area contributed by atoms with Crippen LogP contribution in [0, 0.1) is 0 Å². The van der Waals surface area contributed by atoms with E-state index in [1.165, 1.54) is 0 Å². The van der Waals surface area contributed by atoms with Crippen molar-refractivity contribution in [1.82, 2.24) is 9.21 Å². The minimum Gasteiger partial charge on any atom is -0.397 e. The van der Waals surface area contributed by atoms with Gasteiger partial charge in [0.25, 0.3) is 15.9 Å². The van der Waals surface area contributed by atoms with Gasteiger partial charge in [0.15, 0.2) is 0 Å². The van der Waals surface area contributed by atoms with Crippen molar-refractivity contribution in [3.8, 4) is 0 Å². The topological polar surface area (TPSA) is 125 Å². The Hall–Kier alpha value is -3.54. The molecule has 0 unspecified atom stereocenters. The summed E-state index contributed by atoms with van der Waals surface area (Å²) in [6.45, 7) is 3.04. The number of hydrogen-bond acceptors (Lipinski definition) is 7. The van der Waals surface area contributed by atoms with E-state index in [1.807, 2.05) is 6.07 Å². The molecule has 0 bridgehead atoms. The molecule has 5 rings (SSSR count). The summed E-state index contributed by atoms with van der Waals surface area (Å²) in [5.74, 6) is 0.520. The summed E-state index contributed by atoms with van der Waals surface area (Å²) in [5.41, 5.74) is 8.05. The average molecular weight is 524 g/mol. The van der Waals surface area contributed by atoms with Crippen LogP contribution in [-0.4, -0.2) is 54.9 Å². The summed E-state index contributed by atoms with van der Waals surface area (Å²) < 4.78 is 27.5. The standard InChI is InChI=1S/C25H25N5O4S2/c26-20-3-1-2-4-21(20)27-24(31)18-7-5-17(6-8-18)16-30-25(32)28-22-10-9-19(15-23(22)36(30,33)34)35-14-13-29-11-12-29/h1-10,15H,11-14,16,26H2,(H,27,31)(H,28,32). The van der Waals surface area contributed by atoms with Gasteiger partial charge in [0.2, 0.25) is 0 Å². The van der Waals surface area contributed by atoms with E-state index in [0.717, 1.165) is 34.6 Å². The fourth-order valence-corrected chi connectivity index (χ4v) is 6.31. The Bertz CT molecular complexity index is 1420. The van der Waals surface area contributed by atoms with E-state index in [2.05, 4.69) is 15.5 Å². The van der Waals surface area contributed by atoms with E-state index in [0.29, 0.717) is 22.5 Å². The molecule has 9 nitrogen and oxygen atoms in total. The van der Waals surface area contributed by atoms with Gasteiger partial charge in [-0.3, -0.25) is 9.69 Å². The lowest BCUT2D eigenvalue weighted by Crippen LogP contribution is -2.43. The number of carbonyl (C=O) groups excluding carboxylic acids is 2. The zero-order valence-electron chi connectivity index (χ0n) is 19.3. The molecule has 2 aliphatic heterocycles. The van der Waals surface area contributed by atoms with Crippen molar-refractivity contribution >= 4 is 50.8 Å². The fraction of sp³-hybridized carbons (Fsp3) is 0.200. The number of para-hydroxylation sites is 2. The molecule has 3 amide bonds. The van der Waals surface area contributed by atoms with Crippen molar-refractivity contribution in [2.45, 2.75) is 16.3 Å². The number of rotatable bonds is 8. The number of nitrogen functional groups attached to an aromatic ring is 1. The predicted octanol–water partition coefficient (Wildman–Crippen LogP) is 3.67. The van der Waals surface area contributed by atoms with Crippen molar-refractivity contribution in [3.05, 3.63) is 77.9 Å². The molecule has 186 valence electrons. The SMILES string of the molecule is Nc1ccccc1NC(=O)c1ccc(CN2C(=O)Nc3ccc(SCCN4CC4)cc3S2(=O)=O)cc1. The number of nitrogens with one attached hydrogen (secondary N) is 2. The highest BCUT2D eigenvalue weighted by atomic mass is 32.2. The number of benzene rings is 3. The first-order valence-electron chi connectivity index (χ1n) is 11.4. The second-order valence-electron chi connectivity index (χ2n) is 8.53. The number of amides is 3. The van der Waals surface area contributed by atoms with Gasteiger partial charge < -0.3 is 16.4 Å². The van der Waals surface area contributed by atoms with E-state index in [9.17, 15) is 18.0 Å². The molecule has 3 aromatic carbocycles. The molecular formula is C25H25N5O4S2. The maximum atomic E-state index is 13.3. The Labute approximate surface area is 213 Å². The number of nitrogens with zero attached hydrogens (tertiary/aromatic N) is 2. The third-order valence-corrected chi connectivity index (χ3v) is 8.70. The monoisotopic (exact) mass is 523 g/mol. The molecular weight excluding hydrogens is 498 g/mol. The maximum Gasteiger partial charge on any atom is 0.336 e. The van der Waals surface area contributed by atoms with Gasteiger partial charge in [-0.2, -0.15) is 0 Å². The Balaban J connectivity index is 1.29. The quantitative estimate of drug-likeness (QED) is 0.234. The first-order valence-corrected chi connectivity index (χ1v) is 13.8. The first-order chi connectivity index (χ1) is 17.3. The largest absolute Gasteiger partial charge is 0.397 e.